The lowest BCUT2D eigenvalue weighted by atomic mass is 9.90. The maximum Gasteiger partial charge on any atom is 0.311 e. The molecule has 8 bridgehead atoms. The molecule has 0 aliphatic carbocycles. The Hall–Kier alpha value is -1.96. The third-order valence-electron chi connectivity index (χ3n) is 15.8. The Morgan fingerprint density at radius 1 is 0.383 bits per heavy atom. The van der Waals surface area contributed by atoms with E-state index in [4.69, 9.17) is 37.9 Å². The van der Waals surface area contributed by atoms with Crippen LogP contribution in [-0.2, 0) is 57.1 Å². The van der Waals surface area contributed by atoms with Crippen LogP contribution in [0.3, 0.4) is 0 Å². The summed E-state index contributed by atoms with van der Waals surface area (Å²) in [5, 5.41) is 0. The van der Waals surface area contributed by atoms with Crippen LogP contribution < -0.4 is 0 Å². The van der Waals surface area contributed by atoms with Gasteiger partial charge in [-0.2, -0.15) is 0 Å². The van der Waals surface area contributed by atoms with Crippen LogP contribution in [0.15, 0.2) is 0 Å². The Labute approximate surface area is 358 Å². The van der Waals surface area contributed by atoms with Gasteiger partial charge in [0.1, 0.15) is 23.8 Å². The molecule has 12 heteroatoms. The van der Waals surface area contributed by atoms with Crippen molar-refractivity contribution in [2.24, 2.45) is 35.5 Å². The third kappa shape index (κ3) is 11.0. The van der Waals surface area contributed by atoms with Crippen molar-refractivity contribution in [3.05, 3.63) is 0 Å². The first kappa shape index (κ1) is 46.0. The average Bonchev–Trinajstić information content (AvgIpc) is 4.09. The molecule has 0 unspecified atom stereocenters. The van der Waals surface area contributed by atoms with Crippen molar-refractivity contribution in [1.29, 1.82) is 0 Å². The van der Waals surface area contributed by atoms with Crippen molar-refractivity contribution in [2.75, 3.05) is 0 Å². The molecule has 0 radical (unpaired) electrons. The maximum absolute atomic E-state index is 13.9. The zero-order valence-electron chi connectivity index (χ0n) is 37.8. The standard InChI is InChI=1S/C48H76O12/c1-25-9-15-41(53-25)29(5)45-23-35-13-17-39(57-35)27(3)37(49)22-34-12-20-44(56-34)32(8)48(52)60-46(30(6)42-16-10-26(2)54-42)24-36-14-18-40(58-36)28(4)38(50)21-33-11-19-43(55-33)31(7)47(51)59-45/h25-36,39-46H,9-24H2,1-8H3/t25-,26-,27+,28+,29+,30+,31+,32+,33+,34+,35+,36+,39-,40-,41+,42+,43+,44+,45-,46-/m1/s1. The summed E-state index contributed by atoms with van der Waals surface area (Å²) in [6.07, 6.45) is 8.73. The van der Waals surface area contributed by atoms with E-state index < -0.39 is 24.0 Å². The van der Waals surface area contributed by atoms with E-state index in [1.165, 1.54) is 0 Å². The van der Waals surface area contributed by atoms with Gasteiger partial charge in [-0.15, -0.1) is 0 Å². The highest BCUT2D eigenvalue weighted by Gasteiger charge is 2.45. The number of hydrogen-bond donors (Lipinski definition) is 0. The lowest BCUT2D eigenvalue weighted by Crippen LogP contribution is -2.39. The van der Waals surface area contributed by atoms with Crippen LogP contribution in [0.4, 0.5) is 0 Å². The maximum atomic E-state index is 13.9. The van der Waals surface area contributed by atoms with E-state index in [2.05, 4.69) is 27.7 Å². The number of rotatable bonds is 4. The number of carbonyl (C=O) groups is 4. The monoisotopic (exact) mass is 845 g/mol. The van der Waals surface area contributed by atoms with Crippen LogP contribution in [0.25, 0.3) is 0 Å². The number of Topliss-reactive ketones (excluding diaryl/α,β-unsaturated/α-hetero) is 2. The fraction of sp³-hybridized carbons (Fsp3) is 0.917. The van der Waals surface area contributed by atoms with E-state index >= 15 is 0 Å². The van der Waals surface area contributed by atoms with Crippen molar-refractivity contribution in [2.45, 2.75) is 244 Å². The molecule has 7 fully saturated rings. The second-order valence-electron chi connectivity index (χ2n) is 20.3. The van der Waals surface area contributed by atoms with E-state index in [0.29, 0.717) is 38.5 Å². The van der Waals surface area contributed by atoms with Gasteiger partial charge in [0.15, 0.2) is 0 Å². The number of cyclic esters (lactones) is 2. The number of hydrogen-bond acceptors (Lipinski definition) is 12. The molecule has 7 rings (SSSR count). The second-order valence-corrected chi connectivity index (χ2v) is 20.3. The Kier molecular flexibility index (Phi) is 15.5. The molecule has 0 aromatic carbocycles. The third-order valence-corrected chi connectivity index (χ3v) is 15.8. The van der Waals surface area contributed by atoms with Crippen molar-refractivity contribution in [3.63, 3.8) is 0 Å². The largest absolute Gasteiger partial charge is 0.462 e. The molecule has 12 nitrogen and oxygen atoms in total. The molecule has 7 aliphatic heterocycles. The average molecular weight is 845 g/mol. The number of carbonyl (C=O) groups excluding carboxylic acids is 4. The van der Waals surface area contributed by atoms with E-state index in [0.717, 1.165) is 51.4 Å². The number of ketones is 2. The fourth-order valence-electron chi connectivity index (χ4n) is 11.3. The molecule has 7 saturated heterocycles. The van der Waals surface area contributed by atoms with Gasteiger partial charge in [-0.25, -0.2) is 0 Å². The van der Waals surface area contributed by atoms with Crippen molar-refractivity contribution in [1.82, 2.24) is 0 Å². The van der Waals surface area contributed by atoms with Crippen LogP contribution in [0.1, 0.15) is 158 Å². The minimum Gasteiger partial charge on any atom is -0.462 e. The van der Waals surface area contributed by atoms with Crippen molar-refractivity contribution in [3.8, 4) is 0 Å². The second kappa shape index (κ2) is 20.3. The highest BCUT2D eigenvalue weighted by Crippen LogP contribution is 2.39. The number of ether oxygens (including phenoxy) is 8. The van der Waals surface area contributed by atoms with Gasteiger partial charge in [-0.3, -0.25) is 19.2 Å². The molecule has 60 heavy (non-hydrogen) atoms. The summed E-state index contributed by atoms with van der Waals surface area (Å²) in [5.41, 5.74) is 0. The minimum absolute atomic E-state index is 0.0145. The summed E-state index contributed by atoms with van der Waals surface area (Å²) in [6, 6.07) is 0. The SMILES string of the molecule is C[C@@H]([C@@H]1CC[C@@H](C)O1)[C@H]1C[C@@H]2CC[C@@H](O2)[C@@H](C)C(=O)C[C@@H]2CC[C@H](O2)[C@H](C)C(=O)O[C@@H]([C@@H](C)[C@@H]2CC[C@@H](C)O2)C[C@@H]2CC[C@@H](O2)[C@@H](C)C(=O)C[C@@H]2CC[C@H](O2)[C@H](C)C(=O)O1. The normalized spacial score (nSPS) is 46.5. The molecule has 0 saturated carbocycles. The molecular formula is C48H76O12. The summed E-state index contributed by atoms with van der Waals surface area (Å²) < 4.78 is 51.4. The van der Waals surface area contributed by atoms with E-state index in [-0.39, 0.29) is 133 Å². The van der Waals surface area contributed by atoms with Gasteiger partial charge in [0.2, 0.25) is 0 Å². The number of esters is 2. The van der Waals surface area contributed by atoms with Crippen LogP contribution in [0, 0.1) is 35.5 Å². The van der Waals surface area contributed by atoms with Gasteiger partial charge in [-0.1, -0.05) is 27.7 Å². The van der Waals surface area contributed by atoms with Gasteiger partial charge in [0.05, 0.1) is 85.1 Å². The topological polar surface area (TPSA) is 142 Å². The smallest absolute Gasteiger partial charge is 0.311 e. The molecule has 340 valence electrons. The number of fused-ring (bicyclic) bond motifs is 8. The molecule has 20 atom stereocenters. The van der Waals surface area contributed by atoms with Crippen molar-refractivity contribution >= 4 is 23.5 Å². The van der Waals surface area contributed by atoms with E-state index in [1.807, 2.05) is 27.7 Å². The molecule has 0 N–H and O–H groups in total. The van der Waals surface area contributed by atoms with Crippen molar-refractivity contribution < 1.29 is 57.1 Å². The Morgan fingerprint density at radius 3 is 1.07 bits per heavy atom. The zero-order chi connectivity index (χ0) is 42.8. The first-order chi connectivity index (χ1) is 28.6. The van der Waals surface area contributed by atoms with Gasteiger partial charge in [0.25, 0.3) is 0 Å². The van der Waals surface area contributed by atoms with Gasteiger partial charge in [-0.05, 0) is 105 Å². The van der Waals surface area contributed by atoms with Crippen LogP contribution in [0.2, 0.25) is 0 Å². The minimum atomic E-state index is -0.496. The quantitative estimate of drug-likeness (QED) is 0.257. The molecule has 7 aliphatic rings. The van der Waals surface area contributed by atoms with Gasteiger partial charge in [0, 0.05) is 49.4 Å². The molecule has 0 aromatic heterocycles. The zero-order valence-corrected chi connectivity index (χ0v) is 37.8. The fourth-order valence-corrected chi connectivity index (χ4v) is 11.3. The first-order valence-corrected chi connectivity index (χ1v) is 24.0. The molecule has 0 amide bonds. The molecule has 0 spiro atoms. The summed E-state index contributed by atoms with van der Waals surface area (Å²) >= 11 is 0. The summed E-state index contributed by atoms with van der Waals surface area (Å²) in [7, 11) is 0. The summed E-state index contributed by atoms with van der Waals surface area (Å²) in [5.74, 6) is -2.07. The first-order valence-electron chi connectivity index (χ1n) is 24.0. The summed E-state index contributed by atoms with van der Waals surface area (Å²) in [6.45, 7) is 16.0. The highest BCUT2D eigenvalue weighted by atomic mass is 16.6. The van der Waals surface area contributed by atoms with E-state index in [1.54, 1.807) is 0 Å². The van der Waals surface area contributed by atoms with Crippen LogP contribution >= 0.6 is 0 Å². The lowest BCUT2D eigenvalue weighted by Gasteiger charge is -2.32. The van der Waals surface area contributed by atoms with Gasteiger partial charge >= 0.3 is 11.9 Å². The van der Waals surface area contributed by atoms with Gasteiger partial charge < -0.3 is 37.9 Å². The summed E-state index contributed by atoms with van der Waals surface area (Å²) in [4.78, 5) is 55.3. The Balaban J connectivity index is 1.06. The predicted molar refractivity (Wildman–Crippen MR) is 222 cm³/mol. The van der Waals surface area contributed by atoms with Crippen LogP contribution in [-0.4, -0.2) is 109 Å². The Bertz CT molecular complexity index is 1380. The molecular weight excluding hydrogens is 769 g/mol. The molecule has 7 heterocycles. The van der Waals surface area contributed by atoms with Crippen LogP contribution in [0.5, 0.6) is 0 Å². The van der Waals surface area contributed by atoms with E-state index in [9.17, 15) is 19.2 Å². The predicted octanol–water partition coefficient (Wildman–Crippen LogP) is 7.66. The lowest BCUT2D eigenvalue weighted by molar-refractivity contribution is -0.167. The Morgan fingerprint density at radius 2 is 0.717 bits per heavy atom. The molecule has 0 aromatic rings. The highest BCUT2D eigenvalue weighted by molar-refractivity contribution is 5.82.